The lowest BCUT2D eigenvalue weighted by Gasteiger charge is -2.30. The van der Waals surface area contributed by atoms with Gasteiger partial charge in [-0.3, -0.25) is 4.99 Å². The summed E-state index contributed by atoms with van der Waals surface area (Å²) in [5, 5.41) is 2.93. The largest absolute Gasteiger partial charge is 0.470 e. The van der Waals surface area contributed by atoms with E-state index in [1.807, 2.05) is 32.2 Å². The van der Waals surface area contributed by atoms with Gasteiger partial charge in [-0.05, 0) is 32.9 Å². The van der Waals surface area contributed by atoms with E-state index in [1.54, 1.807) is 12.5 Å². The number of hydrogen-bond donors (Lipinski definition) is 1. The highest BCUT2D eigenvalue weighted by Gasteiger charge is 2.28. The molecule has 0 aliphatic carbocycles. The summed E-state index contributed by atoms with van der Waals surface area (Å²) in [6.45, 7) is 6.09. The maximum atomic E-state index is 5.78. The molecule has 1 atom stereocenters. The van der Waals surface area contributed by atoms with E-state index in [0.29, 0.717) is 6.42 Å². The number of nitrogens with one attached hydrogen (secondary N) is 1. The van der Waals surface area contributed by atoms with Crippen molar-refractivity contribution in [2.75, 3.05) is 0 Å². The lowest BCUT2D eigenvalue weighted by Crippen LogP contribution is -2.34. The average Bonchev–Trinajstić information content (AvgIpc) is 2.16. The van der Waals surface area contributed by atoms with Crippen LogP contribution in [0.1, 0.15) is 27.2 Å². The van der Waals surface area contributed by atoms with Gasteiger partial charge in [0.15, 0.2) is 5.90 Å². The molecule has 2 aliphatic heterocycles. The minimum atomic E-state index is -0.270. The van der Waals surface area contributed by atoms with E-state index in [1.165, 1.54) is 0 Å². The van der Waals surface area contributed by atoms with Crippen LogP contribution in [0.25, 0.3) is 0 Å². The molecule has 2 aliphatic rings. The molecule has 0 radical (unpaired) electrons. The summed E-state index contributed by atoms with van der Waals surface area (Å²) >= 11 is 0. The van der Waals surface area contributed by atoms with Crippen LogP contribution in [0.5, 0.6) is 0 Å². The van der Waals surface area contributed by atoms with Crippen molar-refractivity contribution in [3.63, 3.8) is 0 Å². The van der Waals surface area contributed by atoms with Crippen LogP contribution in [0.3, 0.4) is 0 Å². The van der Waals surface area contributed by atoms with Gasteiger partial charge in [-0.15, -0.1) is 0 Å². The monoisotopic (exact) mass is 219 g/mol. The molecule has 86 valence electrons. The minimum absolute atomic E-state index is 0.259. The van der Waals surface area contributed by atoms with Gasteiger partial charge in [0.2, 0.25) is 0 Å². The first-order valence-corrected chi connectivity index (χ1v) is 5.40. The molecule has 0 amide bonds. The summed E-state index contributed by atoms with van der Waals surface area (Å²) < 4.78 is 5.78. The first-order chi connectivity index (χ1) is 7.49. The van der Waals surface area contributed by atoms with Crippen LogP contribution in [0.4, 0.5) is 0 Å². The number of hydrogen-bond acceptors (Lipinski definition) is 4. The lowest BCUT2D eigenvalue weighted by molar-refractivity contribution is 0.135. The molecule has 0 aromatic heterocycles. The van der Waals surface area contributed by atoms with Gasteiger partial charge < -0.3 is 10.1 Å². The van der Waals surface area contributed by atoms with E-state index in [-0.39, 0.29) is 11.1 Å². The van der Waals surface area contributed by atoms with Gasteiger partial charge in [-0.2, -0.15) is 0 Å². The zero-order chi connectivity index (χ0) is 11.6. The second kappa shape index (κ2) is 3.77. The van der Waals surface area contributed by atoms with Crippen molar-refractivity contribution in [2.24, 2.45) is 9.98 Å². The molecular weight excluding hydrogens is 202 g/mol. The Balaban J connectivity index is 2.08. The van der Waals surface area contributed by atoms with Crippen molar-refractivity contribution >= 4 is 12.2 Å². The third kappa shape index (κ3) is 2.51. The fraction of sp³-hybridized carbons (Fsp3) is 0.500. The van der Waals surface area contributed by atoms with Crippen LogP contribution in [0, 0.1) is 0 Å². The first-order valence-electron chi connectivity index (χ1n) is 5.40. The van der Waals surface area contributed by atoms with Crippen LogP contribution in [0.15, 0.2) is 34.5 Å². The standard InChI is InChI=1S/C12H17N3O/c1-11(2)4-7-14-10(16-11)8-12(3)5-6-13-9-15-12/h4-7,9H,8H2,1-3H3,(H,13,15). The zero-order valence-corrected chi connectivity index (χ0v) is 9.90. The Morgan fingerprint density at radius 1 is 1.31 bits per heavy atom. The summed E-state index contributed by atoms with van der Waals surface area (Å²) in [6, 6.07) is 0. The highest BCUT2D eigenvalue weighted by atomic mass is 16.5. The van der Waals surface area contributed by atoms with Gasteiger partial charge in [-0.25, -0.2) is 4.99 Å². The molecular formula is C12H17N3O. The van der Waals surface area contributed by atoms with E-state index in [4.69, 9.17) is 4.74 Å². The van der Waals surface area contributed by atoms with Crippen molar-refractivity contribution in [1.29, 1.82) is 0 Å². The van der Waals surface area contributed by atoms with Gasteiger partial charge in [-0.1, -0.05) is 0 Å². The summed E-state index contributed by atoms with van der Waals surface area (Å²) in [5.41, 5.74) is -0.529. The van der Waals surface area contributed by atoms with Crippen molar-refractivity contribution in [3.05, 3.63) is 24.6 Å². The van der Waals surface area contributed by atoms with Crippen LogP contribution < -0.4 is 5.32 Å². The minimum Gasteiger partial charge on any atom is -0.470 e. The molecule has 1 N–H and O–H groups in total. The fourth-order valence-corrected chi connectivity index (χ4v) is 1.65. The predicted octanol–water partition coefficient (Wildman–Crippen LogP) is 2.00. The molecule has 4 nitrogen and oxygen atoms in total. The molecule has 0 fully saturated rings. The topological polar surface area (TPSA) is 46.0 Å². The smallest absolute Gasteiger partial charge is 0.191 e. The quantitative estimate of drug-likeness (QED) is 0.772. The molecule has 2 rings (SSSR count). The Morgan fingerprint density at radius 2 is 2.12 bits per heavy atom. The highest BCUT2D eigenvalue weighted by molar-refractivity contribution is 5.80. The Kier molecular flexibility index (Phi) is 2.58. The summed E-state index contributed by atoms with van der Waals surface area (Å²) in [4.78, 5) is 8.65. The maximum absolute atomic E-state index is 5.78. The Labute approximate surface area is 95.8 Å². The summed E-state index contributed by atoms with van der Waals surface area (Å²) in [6.07, 6.45) is 10.0. The highest BCUT2D eigenvalue weighted by Crippen LogP contribution is 2.24. The van der Waals surface area contributed by atoms with Crippen molar-refractivity contribution in [2.45, 2.75) is 38.3 Å². The summed E-state index contributed by atoms with van der Waals surface area (Å²) in [5.74, 6) is 0.735. The van der Waals surface area contributed by atoms with Crippen LogP contribution in [-0.2, 0) is 4.74 Å². The molecule has 4 heteroatoms. The fourth-order valence-electron chi connectivity index (χ4n) is 1.65. The van der Waals surface area contributed by atoms with E-state index in [9.17, 15) is 0 Å². The Morgan fingerprint density at radius 3 is 2.75 bits per heavy atom. The third-order valence-electron chi connectivity index (χ3n) is 2.56. The molecule has 2 heterocycles. The van der Waals surface area contributed by atoms with Crippen LogP contribution in [-0.4, -0.2) is 23.4 Å². The van der Waals surface area contributed by atoms with Crippen molar-refractivity contribution in [3.8, 4) is 0 Å². The maximum Gasteiger partial charge on any atom is 0.191 e. The van der Waals surface area contributed by atoms with Gasteiger partial charge in [0.05, 0.1) is 18.3 Å². The van der Waals surface area contributed by atoms with Crippen LogP contribution in [0.2, 0.25) is 0 Å². The van der Waals surface area contributed by atoms with E-state index in [0.717, 1.165) is 5.90 Å². The van der Waals surface area contributed by atoms with Crippen molar-refractivity contribution < 1.29 is 4.74 Å². The summed E-state index contributed by atoms with van der Waals surface area (Å²) in [7, 11) is 0. The Bertz CT molecular complexity index is 379. The molecule has 0 aromatic rings. The van der Waals surface area contributed by atoms with Crippen LogP contribution >= 0.6 is 0 Å². The SMILES string of the molecule is CC1(CC2=NC=CC(C)(C)O2)C=CNC=N1. The normalized spacial score (nSPS) is 30.6. The van der Waals surface area contributed by atoms with Gasteiger partial charge >= 0.3 is 0 Å². The molecule has 16 heavy (non-hydrogen) atoms. The average molecular weight is 219 g/mol. The molecule has 0 spiro atoms. The number of aliphatic imine (C=N–C) groups is 2. The molecule has 0 aromatic carbocycles. The second-order valence-electron chi connectivity index (χ2n) is 4.84. The number of ether oxygens (including phenoxy) is 1. The predicted molar refractivity (Wildman–Crippen MR) is 65.5 cm³/mol. The van der Waals surface area contributed by atoms with Gasteiger partial charge in [0.1, 0.15) is 5.60 Å². The lowest BCUT2D eigenvalue weighted by atomic mass is 9.97. The number of nitrogens with zero attached hydrogens (tertiary/aromatic N) is 2. The number of rotatable bonds is 2. The molecule has 1 unspecified atom stereocenters. The molecule has 0 saturated carbocycles. The Hall–Kier alpha value is -1.58. The van der Waals surface area contributed by atoms with Gasteiger partial charge in [0, 0.05) is 12.4 Å². The van der Waals surface area contributed by atoms with E-state index in [2.05, 4.69) is 22.2 Å². The third-order valence-corrected chi connectivity index (χ3v) is 2.56. The molecule has 0 saturated heterocycles. The first kappa shape index (κ1) is 10.9. The van der Waals surface area contributed by atoms with E-state index < -0.39 is 0 Å². The van der Waals surface area contributed by atoms with Gasteiger partial charge in [0.25, 0.3) is 0 Å². The molecule has 0 bridgehead atoms. The zero-order valence-electron chi connectivity index (χ0n) is 9.90. The van der Waals surface area contributed by atoms with E-state index >= 15 is 0 Å². The van der Waals surface area contributed by atoms with Crippen molar-refractivity contribution in [1.82, 2.24) is 5.32 Å². The second-order valence-corrected chi connectivity index (χ2v) is 4.84.